The summed E-state index contributed by atoms with van der Waals surface area (Å²) >= 11 is 0. The molecule has 1 aromatic carbocycles. The van der Waals surface area contributed by atoms with Crippen LogP contribution in [0.5, 0.6) is 0 Å². The van der Waals surface area contributed by atoms with Crippen molar-refractivity contribution in [1.82, 2.24) is 9.88 Å². The molecular formula is C16H15F3N2O. The van der Waals surface area contributed by atoms with Crippen LogP contribution in [0, 0.1) is 6.92 Å². The summed E-state index contributed by atoms with van der Waals surface area (Å²) in [5.74, 6) is 0. The maximum absolute atomic E-state index is 13.2. The third-order valence-corrected chi connectivity index (χ3v) is 3.86. The van der Waals surface area contributed by atoms with Gasteiger partial charge in [0.15, 0.2) is 0 Å². The second-order valence-corrected chi connectivity index (χ2v) is 5.59. The summed E-state index contributed by atoms with van der Waals surface area (Å²) in [6.07, 6.45) is -4.53. The molecule has 0 radical (unpaired) electrons. The summed E-state index contributed by atoms with van der Waals surface area (Å²) in [5.41, 5.74) is 0.684. The maximum Gasteiger partial charge on any atom is 0.416 e. The van der Waals surface area contributed by atoms with Crippen molar-refractivity contribution in [2.75, 3.05) is 0 Å². The monoisotopic (exact) mass is 308 g/mol. The van der Waals surface area contributed by atoms with Crippen LogP contribution in [0.1, 0.15) is 27.9 Å². The number of pyridine rings is 1. The maximum atomic E-state index is 13.2. The molecule has 1 aromatic heterocycles. The van der Waals surface area contributed by atoms with Gasteiger partial charge >= 0.3 is 6.18 Å². The highest BCUT2D eigenvalue weighted by Gasteiger charge is 2.35. The van der Waals surface area contributed by atoms with E-state index in [-0.39, 0.29) is 17.8 Å². The van der Waals surface area contributed by atoms with E-state index in [0.29, 0.717) is 13.1 Å². The van der Waals surface area contributed by atoms with Gasteiger partial charge in [0.2, 0.25) is 0 Å². The van der Waals surface area contributed by atoms with E-state index in [0.717, 1.165) is 17.2 Å². The van der Waals surface area contributed by atoms with Gasteiger partial charge < -0.3 is 4.98 Å². The van der Waals surface area contributed by atoms with E-state index >= 15 is 0 Å². The zero-order valence-corrected chi connectivity index (χ0v) is 12.0. The molecule has 0 unspecified atom stereocenters. The van der Waals surface area contributed by atoms with Crippen molar-refractivity contribution in [1.29, 1.82) is 0 Å². The van der Waals surface area contributed by atoms with Gasteiger partial charge in [-0.15, -0.1) is 0 Å². The summed E-state index contributed by atoms with van der Waals surface area (Å²) in [6, 6.07) is 8.73. The molecule has 1 aliphatic heterocycles. The molecule has 1 aliphatic rings. The highest BCUT2D eigenvalue weighted by molar-refractivity contribution is 5.32. The first-order valence-corrected chi connectivity index (χ1v) is 6.94. The van der Waals surface area contributed by atoms with Crippen molar-refractivity contribution in [2.45, 2.75) is 32.7 Å². The number of rotatable bonds is 2. The zero-order valence-electron chi connectivity index (χ0n) is 12.0. The van der Waals surface area contributed by atoms with Crippen LogP contribution in [0.2, 0.25) is 0 Å². The first-order chi connectivity index (χ1) is 10.3. The lowest BCUT2D eigenvalue weighted by Gasteiger charge is -2.18. The summed E-state index contributed by atoms with van der Waals surface area (Å²) in [6.45, 7) is 2.55. The molecule has 6 heteroatoms. The molecular weight excluding hydrogens is 293 g/mol. The topological polar surface area (TPSA) is 36.1 Å². The number of halogens is 3. The highest BCUT2D eigenvalue weighted by Crippen LogP contribution is 2.32. The molecule has 22 heavy (non-hydrogen) atoms. The Morgan fingerprint density at radius 2 is 1.77 bits per heavy atom. The molecule has 0 bridgehead atoms. The Morgan fingerprint density at radius 1 is 1.18 bits per heavy atom. The normalized spacial score (nSPS) is 15.1. The second-order valence-electron chi connectivity index (χ2n) is 5.59. The molecule has 2 aromatic rings. The SMILES string of the molecule is Cc1cc(C(F)(F)F)c(CN2Cc3ccccc3C2)c(=O)[nH]1. The summed E-state index contributed by atoms with van der Waals surface area (Å²) in [5, 5.41) is 0. The molecule has 0 saturated carbocycles. The standard InChI is InChI=1S/C16H15F3N2O/c1-10-6-14(16(17,18)19)13(15(22)20-10)9-21-7-11-4-2-3-5-12(11)8-21/h2-6H,7-9H2,1H3,(H,20,22). The molecule has 116 valence electrons. The number of benzene rings is 1. The van der Waals surface area contributed by atoms with E-state index in [2.05, 4.69) is 4.98 Å². The van der Waals surface area contributed by atoms with Crippen LogP contribution in [0.4, 0.5) is 13.2 Å². The van der Waals surface area contributed by atoms with Crippen LogP contribution < -0.4 is 5.56 Å². The van der Waals surface area contributed by atoms with Crippen LogP contribution in [-0.4, -0.2) is 9.88 Å². The van der Waals surface area contributed by atoms with E-state index in [4.69, 9.17) is 0 Å². The van der Waals surface area contributed by atoms with Crippen LogP contribution in [-0.2, 0) is 25.8 Å². The smallest absolute Gasteiger partial charge is 0.326 e. The fourth-order valence-electron chi connectivity index (χ4n) is 2.87. The van der Waals surface area contributed by atoms with Crippen molar-refractivity contribution in [3.63, 3.8) is 0 Å². The number of alkyl halides is 3. The number of aromatic nitrogens is 1. The average Bonchev–Trinajstić information content (AvgIpc) is 2.82. The number of hydrogen-bond acceptors (Lipinski definition) is 2. The minimum atomic E-state index is -4.53. The third kappa shape index (κ3) is 2.78. The molecule has 0 fully saturated rings. The van der Waals surface area contributed by atoms with Gasteiger partial charge in [0, 0.05) is 30.9 Å². The van der Waals surface area contributed by atoms with E-state index < -0.39 is 17.3 Å². The Labute approximate surface area is 125 Å². The average molecular weight is 308 g/mol. The summed E-state index contributed by atoms with van der Waals surface area (Å²) in [7, 11) is 0. The Hall–Kier alpha value is -2.08. The van der Waals surface area contributed by atoms with Crippen LogP contribution >= 0.6 is 0 Å². The minimum absolute atomic E-state index is 0.0147. The van der Waals surface area contributed by atoms with Crippen molar-refractivity contribution >= 4 is 0 Å². The Kier molecular flexibility index (Phi) is 3.56. The Bertz CT molecular complexity index is 740. The number of H-pyrrole nitrogens is 1. The van der Waals surface area contributed by atoms with Crippen molar-refractivity contribution < 1.29 is 13.2 Å². The van der Waals surface area contributed by atoms with Gasteiger partial charge in [0.25, 0.3) is 5.56 Å². The number of nitrogens with one attached hydrogen (secondary N) is 1. The van der Waals surface area contributed by atoms with Gasteiger partial charge in [0.1, 0.15) is 0 Å². The molecule has 3 rings (SSSR count). The van der Waals surface area contributed by atoms with Crippen LogP contribution in [0.25, 0.3) is 0 Å². The predicted molar refractivity (Wildman–Crippen MR) is 76.2 cm³/mol. The zero-order chi connectivity index (χ0) is 15.9. The predicted octanol–water partition coefficient (Wildman–Crippen LogP) is 3.22. The number of hydrogen-bond donors (Lipinski definition) is 1. The van der Waals surface area contributed by atoms with Crippen molar-refractivity contribution in [2.24, 2.45) is 0 Å². The molecule has 1 N–H and O–H groups in total. The number of nitrogens with zero attached hydrogens (tertiary/aromatic N) is 1. The van der Waals surface area contributed by atoms with Crippen molar-refractivity contribution in [3.05, 3.63) is 68.6 Å². The van der Waals surface area contributed by atoms with Crippen LogP contribution in [0.3, 0.4) is 0 Å². The third-order valence-electron chi connectivity index (χ3n) is 3.86. The minimum Gasteiger partial charge on any atom is -0.326 e. The number of fused-ring (bicyclic) bond motifs is 1. The van der Waals surface area contributed by atoms with Gasteiger partial charge in [0.05, 0.1) is 5.56 Å². The molecule has 0 saturated heterocycles. The van der Waals surface area contributed by atoms with E-state index in [1.54, 1.807) is 0 Å². The van der Waals surface area contributed by atoms with E-state index in [1.807, 2.05) is 29.2 Å². The first kappa shape index (κ1) is 14.8. The van der Waals surface area contributed by atoms with E-state index in [9.17, 15) is 18.0 Å². The van der Waals surface area contributed by atoms with Crippen molar-refractivity contribution in [3.8, 4) is 0 Å². The van der Waals surface area contributed by atoms with Gasteiger partial charge in [-0.25, -0.2) is 0 Å². The lowest BCUT2D eigenvalue weighted by atomic mass is 10.1. The lowest BCUT2D eigenvalue weighted by molar-refractivity contribution is -0.138. The quantitative estimate of drug-likeness (QED) is 0.925. The number of aromatic amines is 1. The second kappa shape index (κ2) is 5.28. The highest BCUT2D eigenvalue weighted by atomic mass is 19.4. The van der Waals surface area contributed by atoms with E-state index in [1.165, 1.54) is 6.92 Å². The van der Waals surface area contributed by atoms with Gasteiger partial charge in [-0.1, -0.05) is 24.3 Å². The largest absolute Gasteiger partial charge is 0.416 e. The fourth-order valence-corrected chi connectivity index (χ4v) is 2.87. The Balaban J connectivity index is 1.93. The first-order valence-electron chi connectivity index (χ1n) is 6.94. The molecule has 0 atom stereocenters. The van der Waals surface area contributed by atoms with Gasteiger partial charge in [-0.2, -0.15) is 13.2 Å². The van der Waals surface area contributed by atoms with Gasteiger partial charge in [-0.05, 0) is 24.1 Å². The summed E-state index contributed by atoms with van der Waals surface area (Å²) < 4.78 is 39.5. The number of aryl methyl sites for hydroxylation is 1. The molecule has 2 heterocycles. The molecule has 0 spiro atoms. The lowest BCUT2D eigenvalue weighted by Crippen LogP contribution is -2.27. The molecule has 3 nitrogen and oxygen atoms in total. The molecule has 0 aliphatic carbocycles. The summed E-state index contributed by atoms with van der Waals surface area (Å²) in [4.78, 5) is 16.3. The van der Waals surface area contributed by atoms with Gasteiger partial charge in [-0.3, -0.25) is 9.69 Å². The Morgan fingerprint density at radius 3 is 2.32 bits per heavy atom. The fraction of sp³-hybridized carbons (Fsp3) is 0.312. The molecule has 0 amide bonds. The van der Waals surface area contributed by atoms with Crippen LogP contribution in [0.15, 0.2) is 35.1 Å².